The maximum Gasteiger partial charge on any atom is 0.325 e. The zero-order chi connectivity index (χ0) is 14.9. The number of hydrogen-bond acceptors (Lipinski definition) is 5. The number of thiazole rings is 1. The van der Waals surface area contributed by atoms with E-state index in [1.54, 1.807) is 11.3 Å². The predicted octanol–water partition coefficient (Wildman–Crippen LogP) is 1.80. The van der Waals surface area contributed by atoms with Crippen LogP contribution in [0.3, 0.4) is 0 Å². The molecule has 0 radical (unpaired) electrons. The van der Waals surface area contributed by atoms with Crippen molar-refractivity contribution in [3.8, 4) is 10.6 Å². The second kappa shape index (κ2) is 5.55. The molecule has 1 atom stereocenters. The summed E-state index contributed by atoms with van der Waals surface area (Å²) in [4.78, 5) is 17.8. The molecule has 0 amide bonds. The van der Waals surface area contributed by atoms with Gasteiger partial charge in [0.1, 0.15) is 10.5 Å². The predicted molar refractivity (Wildman–Crippen MR) is 82.0 cm³/mol. The number of carbonyl (C=O) groups is 1. The Balaban J connectivity index is 1.68. The Kier molecular flexibility index (Phi) is 3.75. The summed E-state index contributed by atoms with van der Waals surface area (Å²) >= 11 is 1.61. The highest BCUT2D eigenvalue weighted by Crippen LogP contribution is 2.26. The normalized spacial score (nSPS) is 22.5. The van der Waals surface area contributed by atoms with Crippen LogP contribution in [0.5, 0.6) is 0 Å². The summed E-state index contributed by atoms with van der Waals surface area (Å²) in [5.41, 5.74) is 6.84. The number of benzene rings is 1. The van der Waals surface area contributed by atoms with Crippen LogP contribution in [0.4, 0.5) is 0 Å². The van der Waals surface area contributed by atoms with Crippen LogP contribution in [0.25, 0.3) is 10.6 Å². The number of nitrogens with zero attached hydrogens (tertiary/aromatic N) is 2. The van der Waals surface area contributed by atoms with Gasteiger partial charge in [-0.1, -0.05) is 30.3 Å². The first-order chi connectivity index (χ1) is 10.1. The molecule has 2 heterocycles. The smallest absolute Gasteiger partial charge is 0.325 e. The van der Waals surface area contributed by atoms with Crippen molar-refractivity contribution in [1.29, 1.82) is 0 Å². The molecule has 110 valence electrons. The number of aromatic nitrogens is 1. The molecule has 0 aliphatic carbocycles. The molecule has 21 heavy (non-hydrogen) atoms. The molecule has 1 fully saturated rings. The van der Waals surface area contributed by atoms with Crippen molar-refractivity contribution in [3.05, 3.63) is 41.4 Å². The van der Waals surface area contributed by atoms with Crippen molar-refractivity contribution in [2.45, 2.75) is 18.5 Å². The van der Waals surface area contributed by atoms with E-state index in [0.717, 1.165) is 16.3 Å². The van der Waals surface area contributed by atoms with Gasteiger partial charge in [-0.15, -0.1) is 11.3 Å². The van der Waals surface area contributed by atoms with Crippen LogP contribution in [0.15, 0.2) is 35.7 Å². The Hall–Kier alpha value is -1.76. The molecule has 2 aromatic rings. The molecular formula is C15H17N3O2S. The highest BCUT2D eigenvalue weighted by Gasteiger charge is 2.41. The molecule has 3 N–H and O–H groups in total. The van der Waals surface area contributed by atoms with Crippen LogP contribution >= 0.6 is 11.3 Å². The van der Waals surface area contributed by atoms with Gasteiger partial charge in [-0.25, -0.2) is 4.98 Å². The molecule has 1 aromatic heterocycles. The maximum atomic E-state index is 11.1. The lowest BCUT2D eigenvalue weighted by Gasteiger charge is -2.19. The quantitative estimate of drug-likeness (QED) is 0.900. The van der Waals surface area contributed by atoms with Crippen LogP contribution in [0.1, 0.15) is 12.1 Å². The van der Waals surface area contributed by atoms with Crippen LogP contribution in [0.2, 0.25) is 0 Å². The van der Waals surface area contributed by atoms with E-state index in [1.807, 2.05) is 35.7 Å². The molecule has 5 nitrogen and oxygen atoms in total. The number of hydrogen-bond donors (Lipinski definition) is 2. The second-order valence-electron chi connectivity index (χ2n) is 5.43. The minimum Gasteiger partial charge on any atom is -0.480 e. The number of aliphatic carboxylic acids is 1. The first-order valence-corrected chi connectivity index (χ1v) is 7.69. The number of rotatable bonds is 4. The van der Waals surface area contributed by atoms with Crippen molar-refractivity contribution in [2.24, 2.45) is 5.73 Å². The van der Waals surface area contributed by atoms with E-state index >= 15 is 0 Å². The van der Waals surface area contributed by atoms with Gasteiger partial charge in [-0.05, 0) is 6.42 Å². The fraction of sp³-hybridized carbons (Fsp3) is 0.333. The maximum absolute atomic E-state index is 11.1. The van der Waals surface area contributed by atoms with Crippen molar-refractivity contribution in [2.75, 3.05) is 13.1 Å². The van der Waals surface area contributed by atoms with Crippen molar-refractivity contribution in [3.63, 3.8) is 0 Å². The van der Waals surface area contributed by atoms with Gasteiger partial charge in [0.2, 0.25) is 0 Å². The molecule has 0 bridgehead atoms. The van der Waals surface area contributed by atoms with E-state index in [0.29, 0.717) is 26.1 Å². The fourth-order valence-electron chi connectivity index (χ4n) is 2.55. The van der Waals surface area contributed by atoms with Gasteiger partial charge in [0.05, 0.1) is 5.69 Å². The largest absolute Gasteiger partial charge is 0.480 e. The Morgan fingerprint density at radius 2 is 2.19 bits per heavy atom. The van der Waals surface area contributed by atoms with Crippen LogP contribution in [-0.2, 0) is 11.3 Å². The number of likely N-dealkylation sites (tertiary alicyclic amines) is 1. The summed E-state index contributed by atoms with van der Waals surface area (Å²) < 4.78 is 0. The van der Waals surface area contributed by atoms with Gasteiger partial charge >= 0.3 is 5.97 Å². The summed E-state index contributed by atoms with van der Waals surface area (Å²) in [5, 5.41) is 12.2. The molecule has 3 rings (SSSR count). The summed E-state index contributed by atoms with van der Waals surface area (Å²) in [6, 6.07) is 10.0. The first kappa shape index (κ1) is 14.2. The lowest BCUT2D eigenvalue weighted by molar-refractivity contribution is -0.142. The second-order valence-corrected chi connectivity index (χ2v) is 6.29. The highest BCUT2D eigenvalue weighted by molar-refractivity contribution is 7.13. The van der Waals surface area contributed by atoms with Crippen molar-refractivity contribution >= 4 is 17.3 Å². The van der Waals surface area contributed by atoms with E-state index < -0.39 is 11.5 Å². The van der Waals surface area contributed by atoms with Crippen molar-refractivity contribution in [1.82, 2.24) is 9.88 Å². The van der Waals surface area contributed by atoms with E-state index in [9.17, 15) is 4.79 Å². The highest BCUT2D eigenvalue weighted by atomic mass is 32.1. The molecule has 0 spiro atoms. The topological polar surface area (TPSA) is 79.5 Å². The first-order valence-electron chi connectivity index (χ1n) is 6.81. The molecular weight excluding hydrogens is 286 g/mol. The Bertz CT molecular complexity index is 643. The molecule has 1 saturated heterocycles. The molecule has 6 heteroatoms. The molecule has 1 unspecified atom stereocenters. The third-order valence-corrected chi connectivity index (χ3v) is 4.70. The minimum atomic E-state index is -1.11. The Morgan fingerprint density at radius 3 is 2.86 bits per heavy atom. The van der Waals surface area contributed by atoms with Gasteiger partial charge in [0.15, 0.2) is 0 Å². The van der Waals surface area contributed by atoms with E-state index in [2.05, 4.69) is 9.88 Å². The van der Waals surface area contributed by atoms with Crippen LogP contribution in [-0.4, -0.2) is 39.6 Å². The van der Waals surface area contributed by atoms with Gasteiger partial charge in [0.25, 0.3) is 0 Å². The van der Waals surface area contributed by atoms with Gasteiger partial charge in [-0.2, -0.15) is 0 Å². The average molecular weight is 303 g/mol. The zero-order valence-corrected chi connectivity index (χ0v) is 12.3. The monoisotopic (exact) mass is 303 g/mol. The number of carboxylic acids is 1. The Labute approximate surface area is 127 Å². The lowest BCUT2D eigenvalue weighted by atomic mass is 10.0. The van der Waals surface area contributed by atoms with Gasteiger partial charge in [-0.3, -0.25) is 9.69 Å². The molecule has 1 aliphatic heterocycles. The zero-order valence-electron chi connectivity index (χ0n) is 11.5. The van der Waals surface area contributed by atoms with E-state index in [4.69, 9.17) is 10.8 Å². The summed E-state index contributed by atoms with van der Waals surface area (Å²) in [6.45, 7) is 1.72. The average Bonchev–Trinajstić information content (AvgIpc) is 3.08. The molecule has 1 aliphatic rings. The lowest BCUT2D eigenvalue weighted by Crippen LogP contribution is -2.50. The third-order valence-electron chi connectivity index (χ3n) is 3.76. The number of nitrogens with two attached hydrogens (primary N) is 1. The van der Waals surface area contributed by atoms with Crippen LogP contribution < -0.4 is 5.73 Å². The third kappa shape index (κ3) is 2.97. The molecule has 1 aromatic carbocycles. The fourth-order valence-corrected chi connectivity index (χ4v) is 3.36. The Morgan fingerprint density at radius 1 is 1.43 bits per heavy atom. The van der Waals surface area contributed by atoms with E-state index in [-0.39, 0.29) is 0 Å². The van der Waals surface area contributed by atoms with Gasteiger partial charge < -0.3 is 10.8 Å². The summed E-state index contributed by atoms with van der Waals surface area (Å²) in [7, 11) is 0. The summed E-state index contributed by atoms with van der Waals surface area (Å²) in [6.07, 6.45) is 0.484. The molecule has 0 saturated carbocycles. The minimum absolute atomic E-state index is 0.376. The van der Waals surface area contributed by atoms with Crippen LogP contribution in [0, 0.1) is 0 Å². The number of carboxylic acid groups (broad SMARTS) is 1. The SMILES string of the molecule is NC1(C(=O)O)CCN(Cc2csc(-c3ccccc3)n2)C1. The van der Waals surface area contributed by atoms with Gasteiger partial charge in [0, 0.05) is 30.6 Å². The van der Waals surface area contributed by atoms with Crippen molar-refractivity contribution < 1.29 is 9.90 Å². The summed E-state index contributed by atoms with van der Waals surface area (Å²) in [5.74, 6) is -0.923. The standard InChI is InChI=1S/C15H17N3O2S/c16-15(14(19)20)6-7-18(10-15)8-12-9-21-13(17-12)11-4-2-1-3-5-11/h1-5,9H,6-8,10,16H2,(H,19,20). The van der Waals surface area contributed by atoms with E-state index in [1.165, 1.54) is 0 Å².